The Kier molecular flexibility index (Phi) is 5.18. The highest BCUT2D eigenvalue weighted by molar-refractivity contribution is 6.01. The molecule has 5 rings (SSSR count). The van der Waals surface area contributed by atoms with E-state index in [9.17, 15) is 22.4 Å². The van der Waals surface area contributed by atoms with Crippen molar-refractivity contribution in [1.82, 2.24) is 25.1 Å². The van der Waals surface area contributed by atoms with Gasteiger partial charge in [-0.2, -0.15) is 23.4 Å². The zero-order chi connectivity index (χ0) is 23.2. The predicted molar refractivity (Wildman–Crippen MR) is 109 cm³/mol. The molecule has 2 saturated heterocycles. The molecule has 0 spiro atoms. The summed E-state index contributed by atoms with van der Waals surface area (Å²) in [6.45, 7) is 0. The fourth-order valence-corrected chi connectivity index (χ4v) is 4.74. The van der Waals surface area contributed by atoms with Crippen molar-refractivity contribution in [3.63, 3.8) is 0 Å². The molecule has 33 heavy (non-hydrogen) atoms. The molecule has 2 fully saturated rings. The highest BCUT2D eigenvalue weighted by atomic mass is 19.4. The Labute approximate surface area is 185 Å². The molecule has 1 aromatic carbocycles. The van der Waals surface area contributed by atoms with Gasteiger partial charge in [-0.1, -0.05) is 6.07 Å². The number of rotatable bonds is 4. The Bertz CT molecular complexity index is 1170. The molecule has 2 aliphatic rings. The summed E-state index contributed by atoms with van der Waals surface area (Å²) in [4.78, 5) is 22.5. The molecule has 2 aliphatic heterocycles. The van der Waals surface area contributed by atoms with Gasteiger partial charge in [0.1, 0.15) is 11.6 Å². The van der Waals surface area contributed by atoms with Crippen LogP contribution in [0.3, 0.4) is 0 Å². The van der Waals surface area contributed by atoms with Crippen LogP contribution in [0.1, 0.15) is 35.3 Å². The lowest BCUT2D eigenvalue weighted by molar-refractivity contribution is -0.141. The fraction of sp³-hybridized carbons (Fsp3) is 0.318. The van der Waals surface area contributed by atoms with Gasteiger partial charge in [0.15, 0.2) is 5.69 Å². The van der Waals surface area contributed by atoms with Gasteiger partial charge in [-0.3, -0.25) is 4.79 Å². The zero-order valence-electron chi connectivity index (χ0n) is 17.1. The van der Waals surface area contributed by atoms with Crippen molar-refractivity contribution in [1.29, 1.82) is 0 Å². The van der Waals surface area contributed by atoms with Crippen LogP contribution in [0.15, 0.2) is 48.9 Å². The van der Waals surface area contributed by atoms with Gasteiger partial charge in [-0.05, 0) is 43.5 Å². The molecule has 1 N–H and O–H groups in total. The molecule has 0 radical (unpaired) electrons. The van der Waals surface area contributed by atoms with Crippen LogP contribution in [0.4, 0.5) is 23.4 Å². The number of hydrogen-bond acceptors (Lipinski definition) is 6. The van der Waals surface area contributed by atoms with Crippen LogP contribution in [-0.4, -0.2) is 49.1 Å². The summed E-state index contributed by atoms with van der Waals surface area (Å²) in [5, 5.41) is 10.9. The first kappa shape index (κ1) is 21.2. The van der Waals surface area contributed by atoms with Crippen LogP contribution < -0.4 is 5.32 Å². The maximum atomic E-state index is 14.7. The van der Waals surface area contributed by atoms with E-state index in [1.54, 1.807) is 23.1 Å². The maximum absolute atomic E-state index is 14.7. The molecule has 4 heterocycles. The molecule has 2 aromatic heterocycles. The van der Waals surface area contributed by atoms with Gasteiger partial charge >= 0.3 is 6.18 Å². The van der Waals surface area contributed by atoms with E-state index in [-0.39, 0.29) is 46.7 Å². The third-order valence-corrected chi connectivity index (χ3v) is 6.12. The van der Waals surface area contributed by atoms with Gasteiger partial charge in [0.25, 0.3) is 5.91 Å². The summed E-state index contributed by atoms with van der Waals surface area (Å²) in [6.07, 6.45) is 0.744. The number of carbonyl (C=O) groups is 1. The Morgan fingerprint density at radius 2 is 1.94 bits per heavy atom. The summed E-state index contributed by atoms with van der Waals surface area (Å²) in [5.74, 6) is -0.674. The van der Waals surface area contributed by atoms with Gasteiger partial charge < -0.3 is 10.2 Å². The number of alkyl halides is 3. The second-order valence-corrected chi connectivity index (χ2v) is 8.05. The first-order valence-electron chi connectivity index (χ1n) is 10.4. The Hall–Kier alpha value is -3.63. The molecule has 7 nitrogen and oxygen atoms in total. The molecule has 1 amide bonds. The summed E-state index contributed by atoms with van der Waals surface area (Å²) >= 11 is 0. The van der Waals surface area contributed by atoms with E-state index in [1.165, 1.54) is 18.3 Å². The van der Waals surface area contributed by atoms with Gasteiger partial charge in [-0.15, -0.1) is 0 Å². The summed E-state index contributed by atoms with van der Waals surface area (Å²) in [7, 11) is 0. The van der Waals surface area contributed by atoms with E-state index in [2.05, 4.69) is 25.5 Å². The van der Waals surface area contributed by atoms with Crippen molar-refractivity contribution in [2.45, 2.75) is 43.6 Å². The number of anilines is 1. The van der Waals surface area contributed by atoms with Crippen LogP contribution in [0, 0.1) is 5.82 Å². The molecule has 3 aromatic rings. The fourth-order valence-electron chi connectivity index (χ4n) is 4.74. The summed E-state index contributed by atoms with van der Waals surface area (Å²) in [5.41, 5.74) is -0.511. The number of carbonyl (C=O) groups excluding carboxylic acids is 1. The highest BCUT2D eigenvalue weighted by Crippen LogP contribution is 2.41. The first-order valence-corrected chi connectivity index (χ1v) is 10.4. The van der Waals surface area contributed by atoms with Crippen LogP contribution >= 0.6 is 0 Å². The third-order valence-electron chi connectivity index (χ3n) is 6.12. The van der Waals surface area contributed by atoms with E-state index in [4.69, 9.17) is 0 Å². The Morgan fingerprint density at radius 3 is 2.64 bits per heavy atom. The van der Waals surface area contributed by atoms with Gasteiger partial charge in [0.2, 0.25) is 0 Å². The second-order valence-electron chi connectivity index (χ2n) is 8.05. The van der Waals surface area contributed by atoms with Gasteiger partial charge in [-0.25, -0.2) is 14.4 Å². The molecule has 3 unspecified atom stereocenters. The van der Waals surface area contributed by atoms with Crippen LogP contribution in [0.5, 0.6) is 0 Å². The second kappa shape index (κ2) is 8.05. The molecule has 3 atom stereocenters. The maximum Gasteiger partial charge on any atom is 0.434 e. The summed E-state index contributed by atoms with van der Waals surface area (Å²) in [6, 6.07) is 7.05. The van der Waals surface area contributed by atoms with E-state index in [1.807, 2.05) is 0 Å². The lowest BCUT2D eigenvalue weighted by Gasteiger charge is -2.26. The number of amides is 1. The highest BCUT2D eigenvalue weighted by Gasteiger charge is 2.49. The van der Waals surface area contributed by atoms with E-state index >= 15 is 0 Å². The number of nitrogens with one attached hydrogen (secondary N) is 1. The van der Waals surface area contributed by atoms with E-state index in [0.29, 0.717) is 12.6 Å². The van der Waals surface area contributed by atoms with E-state index in [0.717, 1.165) is 19.0 Å². The summed E-state index contributed by atoms with van der Waals surface area (Å²) < 4.78 is 52.9. The number of halogens is 4. The van der Waals surface area contributed by atoms with Crippen LogP contribution in [0.2, 0.25) is 0 Å². The first-order chi connectivity index (χ1) is 15.8. The average molecular weight is 458 g/mol. The van der Waals surface area contributed by atoms with Crippen molar-refractivity contribution >= 4 is 11.7 Å². The van der Waals surface area contributed by atoms with Crippen molar-refractivity contribution in [3.05, 3.63) is 66.0 Å². The van der Waals surface area contributed by atoms with Gasteiger partial charge in [0, 0.05) is 12.2 Å². The minimum absolute atomic E-state index is 0.0691. The normalized spacial score (nSPS) is 21.9. The molecule has 2 bridgehead atoms. The minimum Gasteiger partial charge on any atom is -0.364 e. The Balaban J connectivity index is 1.39. The largest absolute Gasteiger partial charge is 0.434 e. The molecule has 11 heteroatoms. The van der Waals surface area contributed by atoms with Crippen molar-refractivity contribution in [2.24, 2.45) is 0 Å². The standard InChI is InChI=1S/C22H18F4N6O/c23-14-4-1-3-13(20(14)15-5-2-8-29-31-15)21(33)32-12-6-7-17(32)16(9-12)30-19-11-27-18(10-28-19)22(24,25)26/h1-5,8,10-12,16-17H,6-7,9H2,(H,28,30). The molecule has 0 saturated carbocycles. The lowest BCUT2D eigenvalue weighted by atomic mass is 9.95. The molecular formula is C22H18F4N6O. The Morgan fingerprint density at radius 1 is 1.09 bits per heavy atom. The van der Waals surface area contributed by atoms with Crippen molar-refractivity contribution in [3.8, 4) is 11.3 Å². The number of aromatic nitrogens is 4. The number of benzene rings is 1. The van der Waals surface area contributed by atoms with Crippen LogP contribution in [0.25, 0.3) is 11.3 Å². The van der Waals surface area contributed by atoms with Crippen molar-refractivity contribution < 1.29 is 22.4 Å². The molecular weight excluding hydrogens is 440 g/mol. The molecule has 170 valence electrons. The number of fused-ring (bicyclic) bond motifs is 2. The third kappa shape index (κ3) is 3.87. The lowest BCUT2D eigenvalue weighted by Crippen LogP contribution is -2.40. The van der Waals surface area contributed by atoms with Gasteiger partial charge in [0.05, 0.1) is 41.3 Å². The van der Waals surface area contributed by atoms with Crippen LogP contribution in [-0.2, 0) is 6.18 Å². The quantitative estimate of drug-likeness (QED) is 0.596. The van der Waals surface area contributed by atoms with E-state index < -0.39 is 17.7 Å². The minimum atomic E-state index is -4.56. The molecule has 0 aliphatic carbocycles. The average Bonchev–Trinajstić information content (AvgIpc) is 3.36. The topological polar surface area (TPSA) is 83.9 Å². The number of hydrogen-bond donors (Lipinski definition) is 1. The zero-order valence-corrected chi connectivity index (χ0v) is 17.1. The SMILES string of the molecule is O=C(c1cccc(F)c1-c1cccnn1)N1C2CCC1C(Nc1cnc(C(F)(F)F)cn1)C2. The van der Waals surface area contributed by atoms with Crippen molar-refractivity contribution in [2.75, 3.05) is 5.32 Å². The number of nitrogens with zero attached hydrogens (tertiary/aromatic N) is 5. The predicted octanol–water partition coefficient (Wildman–Crippen LogP) is 3.95. The monoisotopic (exact) mass is 458 g/mol. The smallest absolute Gasteiger partial charge is 0.364 e.